The third-order valence-electron chi connectivity index (χ3n) is 2.82. The molecule has 0 saturated heterocycles. The van der Waals surface area contributed by atoms with Gasteiger partial charge in [0, 0.05) is 6.42 Å². The predicted molar refractivity (Wildman–Crippen MR) is 70.0 cm³/mol. The summed E-state index contributed by atoms with van der Waals surface area (Å²) in [4.78, 5) is 10.3. The van der Waals surface area contributed by atoms with E-state index in [-0.39, 0.29) is 6.10 Å². The van der Waals surface area contributed by atoms with Crippen molar-refractivity contribution in [2.75, 3.05) is 0 Å². The summed E-state index contributed by atoms with van der Waals surface area (Å²) in [6.07, 6.45) is 12.0. The molecule has 0 spiro atoms. The number of carboxylic acid groups (broad SMARTS) is 1. The summed E-state index contributed by atoms with van der Waals surface area (Å²) in [5.41, 5.74) is 0. The molecule has 0 fully saturated rings. The van der Waals surface area contributed by atoms with Crippen LogP contribution in [0.4, 0.5) is 0 Å². The number of hydrogen-bond donors (Lipinski definition) is 2. The van der Waals surface area contributed by atoms with E-state index in [1.165, 1.54) is 0 Å². The smallest absolute Gasteiger partial charge is 0.303 e. The fourth-order valence-electron chi connectivity index (χ4n) is 1.77. The number of hydrogen-bond acceptors (Lipinski definition) is 2. The standard InChI is InChI=1S/C14H26O3/c1-2-3-10-13(15)11-8-6-4-5-7-9-12-14(16)17/h2-3,13,15H,4-12H2,1H3,(H,16,17). The van der Waals surface area contributed by atoms with E-state index in [1.807, 2.05) is 19.1 Å². The minimum Gasteiger partial charge on any atom is -0.481 e. The Labute approximate surface area is 105 Å². The van der Waals surface area contributed by atoms with Crippen LogP contribution in [-0.2, 0) is 4.79 Å². The van der Waals surface area contributed by atoms with Crippen LogP contribution < -0.4 is 0 Å². The zero-order valence-corrected chi connectivity index (χ0v) is 10.9. The first-order valence-electron chi connectivity index (χ1n) is 6.67. The maximum Gasteiger partial charge on any atom is 0.303 e. The van der Waals surface area contributed by atoms with E-state index in [1.54, 1.807) is 0 Å². The Morgan fingerprint density at radius 1 is 1.12 bits per heavy atom. The van der Waals surface area contributed by atoms with E-state index in [9.17, 15) is 9.90 Å². The van der Waals surface area contributed by atoms with Gasteiger partial charge in [0.05, 0.1) is 6.10 Å². The SMILES string of the molecule is CC=CCC(O)CCCCCCCCC(=O)O. The molecule has 0 amide bonds. The van der Waals surface area contributed by atoms with E-state index in [4.69, 9.17) is 5.11 Å². The Morgan fingerprint density at radius 2 is 1.71 bits per heavy atom. The van der Waals surface area contributed by atoms with Gasteiger partial charge in [0.1, 0.15) is 0 Å². The average molecular weight is 242 g/mol. The number of rotatable bonds is 11. The molecule has 0 aromatic carbocycles. The van der Waals surface area contributed by atoms with Crippen molar-refractivity contribution < 1.29 is 15.0 Å². The van der Waals surface area contributed by atoms with Gasteiger partial charge in [-0.3, -0.25) is 4.79 Å². The number of carbonyl (C=O) groups is 1. The van der Waals surface area contributed by atoms with Crippen LogP contribution in [0.2, 0.25) is 0 Å². The number of carboxylic acids is 1. The lowest BCUT2D eigenvalue weighted by Gasteiger charge is -2.07. The van der Waals surface area contributed by atoms with E-state index in [0.717, 1.165) is 51.4 Å². The Hall–Kier alpha value is -0.830. The monoisotopic (exact) mass is 242 g/mol. The number of aliphatic hydroxyl groups is 1. The highest BCUT2D eigenvalue weighted by Gasteiger charge is 2.01. The first-order valence-corrected chi connectivity index (χ1v) is 6.67. The molecule has 0 aliphatic carbocycles. The third-order valence-corrected chi connectivity index (χ3v) is 2.82. The summed E-state index contributed by atoms with van der Waals surface area (Å²) in [6.45, 7) is 1.96. The normalized spacial score (nSPS) is 13.1. The molecule has 0 rings (SSSR count). The summed E-state index contributed by atoms with van der Waals surface area (Å²) < 4.78 is 0. The van der Waals surface area contributed by atoms with Gasteiger partial charge in [-0.25, -0.2) is 0 Å². The van der Waals surface area contributed by atoms with Crippen molar-refractivity contribution in [3.63, 3.8) is 0 Å². The minimum absolute atomic E-state index is 0.196. The molecule has 17 heavy (non-hydrogen) atoms. The summed E-state index contributed by atoms with van der Waals surface area (Å²) in [5, 5.41) is 18.0. The molecule has 3 nitrogen and oxygen atoms in total. The molecule has 1 unspecified atom stereocenters. The van der Waals surface area contributed by atoms with Gasteiger partial charge < -0.3 is 10.2 Å². The summed E-state index contributed by atoms with van der Waals surface area (Å²) in [5.74, 6) is -0.697. The molecule has 3 heteroatoms. The number of allylic oxidation sites excluding steroid dienone is 1. The minimum atomic E-state index is -0.697. The van der Waals surface area contributed by atoms with Crippen LogP contribution in [0, 0.1) is 0 Å². The predicted octanol–water partition coefficient (Wildman–Crippen LogP) is 3.52. The zero-order chi connectivity index (χ0) is 12.9. The Balaban J connectivity index is 3.15. The van der Waals surface area contributed by atoms with Crippen molar-refractivity contribution >= 4 is 5.97 Å². The van der Waals surface area contributed by atoms with Gasteiger partial charge in [0.15, 0.2) is 0 Å². The molecule has 0 aliphatic rings. The van der Waals surface area contributed by atoms with Gasteiger partial charge in [0.2, 0.25) is 0 Å². The van der Waals surface area contributed by atoms with Crippen LogP contribution in [0.5, 0.6) is 0 Å². The highest BCUT2D eigenvalue weighted by atomic mass is 16.4. The zero-order valence-electron chi connectivity index (χ0n) is 10.9. The van der Waals surface area contributed by atoms with Crippen LogP contribution in [0.1, 0.15) is 64.7 Å². The lowest BCUT2D eigenvalue weighted by Crippen LogP contribution is -2.04. The Kier molecular flexibility index (Phi) is 11.1. The highest BCUT2D eigenvalue weighted by Crippen LogP contribution is 2.11. The second-order valence-electron chi connectivity index (χ2n) is 4.51. The fraction of sp³-hybridized carbons (Fsp3) is 0.786. The number of aliphatic hydroxyl groups excluding tert-OH is 1. The molecule has 0 aliphatic heterocycles. The van der Waals surface area contributed by atoms with Gasteiger partial charge in [-0.1, -0.05) is 44.3 Å². The molecule has 0 bridgehead atoms. The quantitative estimate of drug-likeness (QED) is 0.430. The van der Waals surface area contributed by atoms with Crippen molar-refractivity contribution in [1.82, 2.24) is 0 Å². The molecule has 0 aromatic heterocycles. The lowest BCUT2D eigenvalue weighted by molar-refractivity contribution is -0.137. The van der Waals surface area contributed by atoms with Crippen LogP contribution in [0.15, 0.2) is 12.2 Å². The van der Waals surface area contributed by atoms with Crippen molar-refractivity contribution in [1.29, 1.82) is 0 Å². The molecular formula is C14H26O3. The van der Waals surface area contributed by atoms with Gasteiger partial charge in [-0.05, 0) is 26.2 Å². The van der Waals surface area contributed by atoms with Gasteiger partial charge >= 0.3 is 5.97 Å². The molecule has 0 saturated carbocycles. The number of aliphatic carboxylic acids is 1. The van der Waals surface area contributed by atoms with Gasteiger partial charge in [-0.2, -0.15) is 0 Å². The summed E-state index contributed by atoms with van der Waals surface area (Å²) in [7, 11) is 0. The summed E-state index contributed by atoms with van der Waals surface area (Å²) >= 11 is 0. The molecule has 2 N–H and O–H groups in total. The van der Waals surface area contributed by atoms with Gasteiger partial charge in [-0.15, -0.1) is 0 Å². The van der Waals surface area contributed by atoms with E-state index >= 15 is 0 Å². The first-order chi connectivity index (χ1) is 8.16. The van der Waals surface area contributed by atoms with Crippen LogP contribution in [0.3, 0.4) is 0 Å². The Bertz CT molecular complexity index is 212. The maximum absolute atomic E-state index is 10.3. The fourth-order valence-corrected chi connectivity index (χ4v) is 1.77. The third kappa shape index (κ3) is 13.1. The largest absolute Gasteiger partial charge is 0.481 e. The molecule has 1 atom stereocenters. The second-order valence-corrected chi connectivity index (χ2v) is 4.51. The molecule has 0 heterocycles. The van der Waals surface area contributed by atoms with E-state index < -0.39 is 5.97 Å². The topological polar surface area (TPSA) is 57.5 Å². The molecule has 0 aromatic rings. The van der Waals surface area contributed by atoms with Crippen molar-refractivity contribution in [3.05, 3.63) is 12.2 Å². The molecule has 0 radical (unpaired) electrons. The Morgan fingerprint density at radius 3 is 2.29 bits per heavy atom. The van der Waals surface area contributed by atoms with Crippen LogP contribution in [-0.4, -0.2) is 22.3 Å². The van der Waals surface area contributed by atoms with Gasteiger partial charge in [0.25, 0.3) is 0 Å². The average Bonchev–Trinajstić information content (AvgIpc) is 2.29. The molecule has 100 valence electrons. The second kappa shape index (κ2) is 11.6. The van der Waals surface area contributed by atoms with Crippen molar-refractivity contribution in [2.45, 2.75) is 70.8 Å². The van der Waals surface area contributed by atoms with Crippen molar-refractivity contribution in [2.24, 2.45) is 0 Å². The number of unbranched alkanes of at least 4 members (excludes halogenated alkanes) is 5. The highest BCUT2D eigenvalue weighted by molar-refractivity contribution is 5.66. The maximum atomic E-state index is 10.3. The molecular weight excluding hydrogens is 216 g/mol. The van der Waals surface area contributed by atoms with E-state index in [0.29, 0.717) is 6.42 Å². The van der Waals surface area contributed by atoms with E-state index in [2.05, 4.69) is 0 Å². The lowest BCUT2D eigenvalue weighted by atomic mass is 10.0. The summed E-state index contributed by atoms with van der Waals surface area (Å²) in [6, 6.07) is 0. The first kappa shape index (κ1) is 16.2. The van der Waals surface area contributed by atoms with Crippen LogP contribution in [0.25, 0.3) is 0 Å². The van der Waals surface area contributed by atoms with Crippen molar-refractivity contribution in [3.8, 4) is 0 Å². The van der Waals surface area contributed by atoms with Crippen LogP contribution >= 0.6 is 0 Å².